The van der Waals surface area contributed by atoms with Crippen LogP contribution in [0, 0.1) is 0 Å². The van der Waals surface area contributed by atoms with E-state index in [4.69, 9.17) is 4.74 Å². The van der Waals surface area contributed by atoms with Crippen molar-refractivity contribution in [3.05, 3.63) is 101 Å². The largest absolute Gasteiger partial charge is 0.497 e. The van der Waals surface area contributed by atoms with Crippen LogP contribution in [0.2, 0.25) is 0 Å². The molecule has 0 amide bonds. The third kappa shape index (κ3) is 5.07. The van der Waals surface area contributed by atoms with Gasteiger partial charge in [0.15, 0.2) is 0 Å². The molecule has 0 aromatic heterocycles. The Bertz CT molecular complexity index is 1090. The highest BCUT2D eigenvalue weighted by atomic mass is 16.5. The van der Waals surface area contributed by atoms with Gasteiger partial charge in [0, 0.05) is 0 Å². The molecule has 3 aromatic carbocycles. The van der Waals surface area contributed by atoms with E-state index in [2.05, 4.69) is 77.7 Å². The molecule has 0 unspecified atom stereocenters. The molecule has 170 valence electrons. The highest BCUT2D eigenvalue weighted by Gasteiger charge is 2.22. The second kappa shape index (κ2) is 10.4. The van der Waals surface area contributed by atoms with E-state index in [-0.39, 0.29) is 0 Å². The maximum atomic E-state index is 5.51. The Morgan fingerprint density at radius 2 is 1.58 bits per heavy atom. The first-order valence-corrected chi connectivity index (χ1v) is 12.6. The first-order valence-electron chi connectivity index (χ1n) is 12.6. The predicted molar refractivity (Wildman–Crippen MR) is 139 cm³/mol. The minimum absolute atomic E-state index is 0.945. The number of nitrogens with zero attached hydrogens (tertiary/aromatic N) is 1. The molecule has 0 atom stereocenters. The first kappa shape index (κ1) is 22.0. The number of unbranched alkanes of at least 4 members (excludes halogenated alkanes) is 1. The van der Waals surface area contributed by atoms with Crippen molar-refractivity contribution in [2.75, 3.05) is 26.7 Å². The molecule has 5 rings (SSSR count). The van der Waals surface area contributed by atoms with Gasteiger partial charge in [-0.3, -0.25) is 0 Å². The van der Waals surface area contributed by atoms with Gasteiger partial charge in [0.2, 0.25) is 0 Å². The standard InChI is InChI=1S/C31H35NO/c1-33-28-17-19-30-27(23-28)16-18-29(25-10-3-2-4-11-25)31(30)26-14-12-24(13-15-26)9-5-6-20-32-21-7-8-22-32/h2-4,10-15,17,19,23H,5-9,16,18,20-22H2,1H3. The van der Waals surface area contributed by atoms with E-state index < -0.39 is 0 Å². The van der Waals surface area contributed by atoms with Crippen LogP contribution >= 0.6 is 0 Å². The molecular formula is C31H35NO. The van der Waals surface area contributed by atoms with Crippen molar-refractivity contribution in [3.8, 4) is 5.75 Å². The Labute approximate surface area is 198 Å². The number of hydrogen-bond acceptors (Lipinski definition) is 2. The van der Waals surface area contributed by atoms with Gasteiger partial charge < -0.3 is 9.64 Å². The molecule has 0 saturated carbocycles. The Hall–Kier alpha value is -2.84. The SMILES string of the molecule is COc1ccc2c(c1)CCC(c1ccccc1)=C2c1ccc(CCCCN2CCCC2)cc1. The lowest BCUT2D eigenvalue weighted by atomic mass is 9.79. The zero-order chi connectivity index (χ0) is 22.5. The van der Waals surface area contributed by atoms with Gasteiger partial charge >= 0.3 is 0 Å². The molecule has 1 aliphatic carbocycles. The van der Waals surface area contributed by atoms with Crippen molar-refractivity contribution in [1.29, 1.82) is 0 Å². The number of methoxy groups -OCH3 is 1. The molecule has 0 bridgehead atoms. The monoisotopic (exact) mass is 437 g/mol. The Kier molecular flexibility index (Phi) is 6.92. The number of likely N-dealkylation sites (tertiary alicyclic amines) is 1. The molecule has 2 aliphatic rings. The summed E-state index contributed by atoms with van der Waals surface area (Å²) in [6.07, 6.45) is 8.63. The number of benzene rings is 3. The van der Waals surface area contributed by atoms with Gasteiger partial charge in [-0.25, -0.2) is 0 Å². The van der Waals surface area contributed by atoms with Gasteiger partial charge in [0.1, 0.15) is 5.75 Å². The van der Waals surface area contributed by atoms with E-state index in [9.17, 15) is 0 Å². The molecular weight excluding hydrogens is 402 g/mol. The Balaban J connectivity index is 1.39. The summed E-state index contributed by atoms with van der Waals surface area (Å²) < 4.78 is 5.51. The fourth-order valence-corrected chi connectivity index (χ4v) is 5.46. The first-order chi connectivity index (χ1) is 16.3. The summed E-state index contributed by atoms with van der Waals surface area (Å²) in [5.41, 5.74) is 9.67. The summed E-state index contributed by atoms with van der Waals surface area (Å²) in [5, 5.41) is 0. The number of allylic oxidation sites excluding steroid dienone is 1. The lowest BCUT2D eigenvalue weighted by Crippen LogP contribution is -2.20. The van der Waals surface area contributed by atoms with Gasteiger partial charge in [0.05, 0.1) is 7.11 Å². The molecule has 0 radical (unpaired) electrons. The van der Waals surface area contributed by atoms with Gasteiger partial charge in [-0.15, -0.1) is 0 Å². The lowest BCUT2D eigenvalue weighted by Gasteiger charge is -2.25. The predicted octanol–water partition coefficient (Wildman–Crippen LogP) is 7.02. The van der Waals surface area contributed by atoms with Crippen molar-refractivity contribution in [2.24, 2.45) is 0 Å². The van der Waals surface area contributed by atoms with E-state index in [1.807, 2.05) is 0 Å². The van der Waals surface area contributed by atoms with Crippen LogP contribution in [-0.4, -0.2) is 31.6 Å². The van der Waals surface area contributed by atoms with Crippen LogP contribution in [0.3, 0.4) is 0 Å². The van der Waals surface area contributed by atoms with Crippen molar-refractivity contribution in [2.45, 2.75) is 44.9 Å². The van der Waals surface area contributed by atoms with Crippen molar-refractivity contribution in [1.82, 2.24) is 4.90 Å². The number of aryl methyl sites for hydroxylation is 2. The second-order valence-electron chi connectivity index (χ2n) is 9.45. The lowest BCUT2D eigenvalue weighted by molar-refractivity contribution is 0.330. The van der Waals surface area contributed by atoms with E-state index >= 15 is 0 Å². The molecule has 1 fully saturated rings. The van der Waals surface area contributed by atoms with E-state index in [0.717, 1.165) is 18.6 Å². The van der Waals surface area contributed by atoms with Crippen LogP contribution in [0.5, 0.6) is 5.75 Å². The molecule has 3 aromatic rings. The average Bonchev–Trinajstić information content (AvgIpc) is 3.40. The minimum atomic E-state index is 0.945. The minimum Gasteiger partial charge on any atom is -0.497 e. The third-order valence-corrected chi connectivity index (χ3v) is 7.28. The number of ether oxygens (including phenoxy) is 1. The fraction of sp³-hybridized carbons (Fsp3) is 0.355. The molecule has 2 nitrogen and oxygen atoms in total. The number of rotatable bonds is 8. The maximum Gasteiger partial charge on any atom is 0.119 e. The summed E-state index contributed by atoms with van der Waals surface area (Å²) in [7, 11) is 1.75. The molecule has 2 heteroatoms. The fourth-order valence-electron chi connectivity index (χ4n) is 5.46. The van der Waals surface area contributed by atoms with Crippen molar-refractivity contribution >= 4 is 11.1 Å². The molecule has 0 spiro atoms. The molecule has 1 saturated heterocycles. The topological polar surface area (TPSA) is 12.5 Å². The summed E-state index contributed by atoms with van der Waals surface area (Å²) in [6.45, 7) is 3.88. The zero-order valence-electron chi connectivity index (χ0n) is 19.9. The highest BCUT2D eigenvalue weighted by Crippen LogP contribution is 2.41. The van der Waals surface area contributed by atoms with E-state index in [0.29, 0.717) is 0 Å². The summed E-state index contributed by atoms with van der Waals surface area (Å²) in [5.74, 6) is 0.945. The Morgan fingerprint density at radius 3 is 2.33 bits per heavy atom. The Morgan fingerprint density at radius 1 is 0.788 bits per heavy atom. The van der Waals surface area contributed by atoms with Gasteiger partial charge in [-0.1, -0.05) is 60.7 Å². The quantitative estimate of drug-likeness (QED) is 0.351. The van der Waals surface area contributed by atoms with Crippen LogP contribution < -0.4 is 4.74 Å². The van der Waals surface area contributed by atoms with Gasteiger partial charge in [-0.2, -0.15) is 0 Å². The smallest absolute Gasteiger partial charge is 0.119 e. The van der Waals surface area contributed by atoms with Crippen molar-refractivity contribution < 1.29 is 4.74 Å². The molecule has 1 heterocycles. The third-order valence-electron chi connectivity index (χ3n) is 7.28. The van der Waals surface area contributed by atoms with Crippen LogP contribution in [0.1, 0.15) is 59.9 Å². The zero-order valence-corrected chi connectivity index (χ0v) is 19.9. The van der Waals surface area contributed by atoms with Crippen LogP contribution in [0.15, 0.2) is 72.8 Å². The molecule has 1 aliphatic heterocycles. The van der Waals surface area contributed by atoms with E-state index in [1.165, 1.54) is 90.7 Å². The van der Waals surface area contributed by atoms with Crippen molar-refractivity contribution in [3.63, 3.8) is 0 Å². The number of fused-ring (bicyclic) bond motifs is 1. The molecule has 33 heavy (non-hydrogen) atoms. The summed E-state index contributed by atoms with van der Waals surface area (Å²) in [6, 6.07) is 26.8. The summed E-state index contributed by atoms with van der Waals surface area (Å²) in [4.78, 5) is 2.62. The number of hydrogen-bond donors (Lipinski definition) is 0. The van der Waals surface area contributed by atoms with Crippen LogP contribution in [-0.2, 0) is 12.8 Å². The normalized spacial score (nSPS) is 16.2. The second-order valence-corrected chi connectivity index (χ2v) is 9.45. The van der Waals surface area contributed by atoms with E-state index in [1.54, 1.807) is 7.11 Å². The maximum absolute atomic E-state index is 5.51. The average molecular weight is 438 g/mol. The van der Waals surface area contributed by atoms with Gasteiger partial charge in [-0.05, 0) is 116 Å². The van der Waals surface area contributed by atoms with Crippen LogP contribution in [0.25, 0.3) is 11.1 Å². The van der Waals surface area contributed by atoms with Gasteiger partial charge in [0.25, 0.3) is 0 Å². The molecule has 0 N–H and O–H groups in total. The van der Waals surface area contributed by atoms with Crippen LogP contribution in [0.4, 0.5) is 0 Å². The highest BCUT2D eigenvalue weighted by molar-refractivity contribution is 6.00. The summed E-state index contributed by atoms with van der Waals surface area (Å²) >= 11 is 0.